The van der Waals surface area contributed by atoms with Crippen LogP contribution in [0.15, 0.2) is 35.5 Å². The van der Waals surface area contributed by atoms with E-state index in [-0.39, 0.29) is 5.60 Å². The number of benzene rings is 1. The number of nitrogens with one attached hydrogen (secondary N) is 1. The van der Waals surface area contributed by atoms with Crippen LogP contribution in [0.5, 0.6) is 0 Å². The molecule has 0 fully saturated rings. The Morgan fingerprint density at radius 3 is 2.75 bits per heavy atom. The van der Waals surface area contributed by atoms with Gasteiger partial charge in [0, 0.05) is 23.1 Å². The summed E-state index contributed by atoms with van der Waals surface area (Å²) in [4.78, 5) is 12.1. The van der Waals surface area contributed by atoms with Crippen molar-refractivity contribution in [3.8, 4) is 0 Å². The van der Waals surface area contributed by atoms with Gasteiger partial charge in [-0.25, -0.2) is 9.97 Å². The summed E-state index contributed by atoms with van der Waals surface area (Å²) in [6.07, 6.45) is 1.87. The molecule has 0 spiro atoms. The summed E-state index contributed by atoms with van der Waals surface area (Å²) in [5.41, 5.74) is 2.55. The Morgan fingerprint density at radius 2 is 2.00 bits per heavy atom. The summed E-state index contributed by atoms with van der Waals surface area (Å²) in [6, 6.07) is 10.6. The number of thiophene rings is 1. The maximum Gasteiger partial charge on any atom is 0.191 e. The van der Waals surface area contributed by atoms with E-state index in [9.17, 15) is 0 Å². The quantitative estimate of drug-likeness (QED) is 0.415. The van der Waals surface area contributed by atoms with E-state index < -0.39 is 0 Å². The minimum absolute atomic E-state index is 0.145. The first-order valence-electron chi connectivity index (χ1n) is 9.82. The van der Waals surface area contributed by atoms with Crippen LogP contribution in [0.25, 0.3) is 10.2 Å². The van der Waals surface area contributed by atoms with Crippen molar-refractivity contribution < 1.29 is 4.74 Å². The first-order chi connectivity index (χ1) is 13.4. The Labute approximate surface area is 175 Å². The molecule has 3 aromatic rings. The summed E-state index contributed by atoms with van der Waals surface area (Å²) in [7, 11) is 0. The lowest BCUT2D eigenvalue weighted by molar-refractivity contribution is -0.0379. The van der Waals surface area contributed by atoms with Crippen LogP contribution in [-0.4, -0.2) is 27.4 Å². The Morgan fingerprint density at radius 1 is 1.21 bits per heavy atom. The van der Waals surface area contributed by atoms with E-state index >= 15 is 0 Å². The molecule has 0 aliphatic carbocycles. The molecule has 1 N–H and O–H groups in total. The zero-order valence-corrected chi connectivity index (χ0v) is 18.5. The second-order valence-electron chi connectivity index (χ2n) is 8.09. The maximum absolute atomic E-state index is 6.03. The molecule has 6 heteroatoms. The lowest BCUT2D eigenvalue weighted by Crippen LogP contribution is -2.31. The zero-order chi connectivity index (χ0) is 19.7. The van der Waals surface area contributed by atoms with E-state index in [0.717, 1.165) is 35.2 Å². The van der Waals surface area contributed by atoms with Gasteiger partial charge < -0.3 is 10.1 Å². The Hall–Kier alpha value is -1.63. The van der Waals surface area contributed by atoms with Gasteiger partial charge in [-0.15, -0.1) is 11.3 Å². The van der Waals surface area contributed by atoms with Crippen LogP contribution >= 0.6 is 23.1 Å². The van der Waals surface area contributed by atoms with Crippen LogP contribution in [0.1, 0.15) is 43.7 Å². The molecule has 1 aliphatic rings. The monoisotopic (exact) mass is 413 g/mol. The number of fused-ring (bicyclic) bond motifs is 3. The molecule has 0 saturated heterocycles. The highest BCUT2D eigenvalue weighted by atomic mass is 32.2. The SMILES string of the molecule is CC(C)Sc1nc(NCCc2ccccc2)c2c3c(sc2n1)COC(C)(C)C3. The molecule has 1 aromatic carbocycles. The number of aromatic nitrogens is 2. The molecule has 4 nitrogen and oxygen atoms in total. The minimum atomic E-state index is -0.145. The number of hydrogen-bond acceptors (Lipinski definition) is 6. The fraction of sp³-hybridized carbons (Fsp3) is 0.455. The number of hydrogen-bond donors (Lipinski definition) is 1. The Bertz CT molecular complexity index is 967. The fourth-order valence-electron chi connectivity index (χ4n) is 3.49. The molecule has 2 aromatic heterocycles. The topological polar surface area (TPSA) is 47.0 Å². The molecule has 148 valence electrons. The van der Waals surface area contributed by atoms with Crippen LogP contribution in [-0.2, 0) is 24.2 Å². The summed E-state index contributed by atoms with van der Waals surface area (Å²) in [5.74, 6) is 0.972. The van der Waals surface area contributed by atoms with Gasteiger partial charge in [0.05, 0.1) is 17.6 Å². The van der Waals surface area contributed by atoms with Crippen LogP contribution in [0.3, 0.4) is 0 Å². The van der Waals surface area contributed by atoms with Crippen LogP contribution in [0.2, 0.25) is 0 Å². The zero-order valence-electron chi connectivity index (χ0n) is 16.9. The number of thioether (sulfide) groups is 1. The van der Waals surface area contributed by atoms with Crippen LogP contribution in [0, 0.1) is 0 Å². The lowest BCUT2D eigenvalue weighted by atomic mass is 9.94. The van der Waals surface area contributed by atoms with E-state index in [1.807, 2.05) is 0 Å². The third-order valence-corrected chi connectivity index (χ3v) is 6.76. The Kier molecular flexibility index (Phi) is 5.63. The molecule has 0 amide bonds. The molecule has 3 heterocycles. The summed E-state index contributed by atoms with van der Waals surface area (Å²) < 4.78 is 6.03. The molecule has 1 aliphatic heterocycles. The maximum atomic E-state index is 6.03. The molecule has 0 bridgehead atoms. The van der Waals surface area contributed by atoms with Gasteiger partial charge in [-0.1, -0.05) is 55.9 Å². The number of ether oxygens (including phenoxy) is 1. The molecule has 0 saturated carbocycles. The highest BCUT2D eigenvalue weighted by Crippen LogP contribution is 2.41. The van der Waals surface area contributed by atoms with Gasteiger partial charge in [-0.3, -0.25) is 0 Å². The molecule has 0 atom stereocenters. The molecule has 0 radical (unpaired) electrons. The second-order valence-corrected chi connectivity index (χ2v) is 10.7. The second kappa shape index (κ2) is 8.01. The number of rotatable bonds is 6. The molecule has 28 heavy (non-hydrogen) atoms. The van der Waals surface area contributed by atoms with E-state index in [1.165, 1.54) is 21.4 Å². The van der Waals surface area contributed by atoms with Gasteiger partial charge in [-0.05, 0) is 31.4 Å². The molecule has 4 rings (SSSR count). The normalized spacial score (nSPS) is 15.8. The Balaban J connectivity index is 1.68. The van der Waals surface area contributed by atoms with E-state index in [1.54, 1.807) is 23.1 Å². The summed E-state index contributed by atoms with van der Waals surface area (Å²) in [6.45, 7) is 10.2. The summed E-state index contributed by atoms with van der Waals surface area (Å²) >= 11 is 3.47. The van der Waals surface area contributed by atoms with Gasteiger partial charge in [-0.2, -0.15) is 0 Å². The molecule has 0 unspecified atom stereocenters. The van der Waals surface area contributed by atoms with Gasteiger partial charge in [0.25, 0.3) is 0 Å². The van der Waals surface area contributed by atoms with Crippen molar-refractivity contribution in [3.63, 3.8) is 0 Å². The smallest absolute Gasteiger partial charge is 0.191 e. The molecular weight excluding hydrogens is 386 g/mol. The highest BCUT2D eigenvalue weighted by molar-refractivity contribution is 7.99. The number of nitrogens with zero attached hydrogens (tertiary/aromatic N) is 2. The van der Waals surface area contributed by atoms with Crippen molar-refractivity contribution in [1.29, 1.82) is 0 Å². The predicted molar refractivity (Wildman–Crippen MR) is 120 cm³/mol. The van der Waals surface area contributed by atoms with Gasteiger partial charge in [0.2, 0.25) is 0 Å². The standard InChI is InChI=1S/C22H27N3OS2/c1-14(2)27-21-24-19(23-11-10-15-8-6-5-7-9-15)18-16-12-22(3,4)26-13-17(16)28-20(18)25-21/h5-9,14H,10-13H2,1-4H3,(H,23,24,25). The predicted octanol–water partition coefficient (Wildman–Crippen LogP) is 5.70. The fourth-order valence-corrected chi connectivity index (χ4v) is 5.36. The van der Waals surface area contributed by atoms with Crippen molar-refractivity contribution >= 4 is 39.1 Å². The van der Waals surface area contributed by atoms with Crippen molar-refractivity contribution in [2.24, 2.45) is 0 Å². The average molecular weight is 414 g/mol. The van der Waals surface area contributed by atoms with E-state index in [4.69, 9.17) is 14.7 Å². The first-order valence-corrected chi connectivity index (χ1v) is 11.5. The number of anilines is 1. The minimum Gasteiger partial charge on any atom is -0.370 e. The van der Waals surface area contributed by atoms with Crippen LogP contribution < -0.4 is 5.32 Å². The average Bonchev–Trinajstić information content (AvgIpc) is 2.98. The van der Waals surface area contributed by atoms with Gasteiger partial charge >= 0.3 is 0 Å². The van der Waals surface area contributed by atoms with E-state index in [2.05, 4.69) is 63.3 Å². The van der Waals surface area contributed by atoms with Gasteiger partial charge in [0.15, 0.2) is 5.16 Å². The van der Waals surface area contributed by atoms with Crippen molar-refractivity contribution in [2.75, 3.05) is 11.9 Å². The largest absolute Gasteiger partial charge is 0.370 e. The lowest BCUT2D eigenvalue weighted by Gasteiger charge is -2.30. The van der Waals surface area contributed by atoms with Crippen molar-refractivity contribution in [3.05, 3.63) is 46.3 Å². The van der Waals surface area contributed by atoms with E-state index in [0.29, 0.717) is 11.9 Å². The third-order valence-electron chi connectivity index (χ3n) is 4.80. The summed E-state index contributed by atoms with van der Waals surface area (Å²) in [5, 5.41) is 6.11. The van der Waals surface area contributed by atoms with Gasteiger partial charge in [0.1, 0.15) is 10.6 Å². The van der Waals surface area contributed by atoms with Crippen molar-refractivity contribution in [1.82, 2.24) is 9.97 Å². The molecular formula is C22H27N3OS2. The third kappa shape index (κ3) is 4.34. The first kappa shape index (κ1) is 19.7. The van der Waals surface area contributed by atoms with Crippen LogP contribution in [0.4, 0.5) is 5.82 Å². The van der Waals surface area contributed by atoms with Crippen molar-refractivity contribution in [2.45, 2.75) is 63.2 Å². The highest BCUT2D eigenvalue weighted by Gasteiger charge is 2.31.